The molecule has 1 aromatic carbocycles. The van der Waals surface area contributed by atoms with Crippen LogP contribution in [0.5, 0.6) is 0 Å². The second kappa shape index (κ2) is 3.49. The van der Waals surface area contributed by atoms with Crippen LogP contribution < -0.4 is 0 Å². The molecular formula is C9H6FN3O2. The normalized spacial score (nSPS) is 10.2. The number of non-ortho nitro benzene ring substituents is 1. The molecule has 0 N–H and O–H groups in total. The summed E-state index contributed by atoms with van der Waals surface area (Å²) in [5, 5.41) is 10.4. The van der Waals surface area contributed by atoms with Crippen LogP contribution in [0.15, 0.2) is 36.9 Å². The van der Waals surface area contributed by atoms with Crippen molar-refractivity contribution >= 4 is 5.69 Å². The lowest BCUT2D eigenvalue weighted by Crippen LogP contribution is -1.96. The summed E-state index contributed by atoms with van der Waals surface area (Å²) in [5.74, 6) is -0.651. The van der Waals surface area contributed by atoms with Gasteiger partial charge in [-0.25, -0.2) is 9.37 Å². The molecule has 0 bridgehead atoms. The Balaban J connectivity index is 2.48. The van der Waals surface area contributed by atoms with E-state index in [0.29, 0.717) is 0 Å². The number of benzene rings is 1. The minimum atomic E-state index is -0.651. The third-order valence-electron chi connectivity index (χ3n) is 1.92. The second-order valence-electron chi connectivity index (χ2n) is 2.86. The molecule has 5 nitrogen and oxygen atoms in total. The van der Waals surface area contributed by atoms with Crippen molar-refractivity contribution in [3.8, 4) is 5.69 Å². The van der Waals surface area contributed by atoms with E-state index in [1.165, 1.54) is 29.2 Å². The van der Waals surface area contributed by atoms with Crippen molar-refractivity contribution in [2.75, 3.05) is 0 Å². The van der Waals surface area contributed by atoms with Gasteiger partial charge in [0.2, 0.25) is 0 Å². The van der Waals surface area contributed by atoms with Crippen LogP contribution in [0.25, 0.3) is 5.69 Å². The SMILES string of the molecule is O=[N+]([O-])c1ccc(-n2ccnc2)c(F)c1. The Bertz CT molecular complexity index is 496. The molecule has 0 amide bonds. The summed E-state index contributed by atoms with van der Waals surface area (Å²) in [5.41, 5.74) is -0.0329. The molecule has 0 spiro atoms. The number of aromatic nitrogens is 2. The number of halogens is 1. The average molecular weight is 207 g/mol. The Morgan fingerprint density at radius 1 is 1.47 bits per heavy atom. The zero-order valence-electron chi connectivity index (χ0n) is 7.50. The monoisotopic (exact) mass is 207 g/mol. The quantitative estimate of drug-likeness (QED) is 0.558. The first kappa shape index (κ1) is 9.32. The lowest BCUT2D eigenvalue weighted by atomic mass is 10.2. The fraction of sp³-hybridized carbons (Fsp3) is 0. The van der Waals surface area contributed by atoms with Crippen LogP contribution in [0, 0.1) is 15.9 Å². The van der Waals surface area contributed by atoms with Crippen molar-refractivity contribution in [3.63, 3.8) is 0 Å². The number of imidazole rings is 1. The molecule has 0 aliphatic rings. The van der Waals surface area contributed by atoms with E-state index in [1.54, 1.807) is 6.20 Å². The lowest BCUT2D eigenvalue weighted by Gasteiger charge is -2.02. The van der Waals surface area contributed by atoms with Gasteiger partial charge in [-0.3, -0.25) is 10.1 Å². The van der Waals surface area contributed by atoms with Crippen LogP contribution >= 0.6 is 0 Å². The fourth-order valence-electron chi connectivity index (χ4n) is 1.22. The highest BCUT2D eigenvalue weighted by Crippen LogP contribution is 2.19. The highest BCUT2D eigenvalue weighted by atomic mass is 19.1. The number of nitrogens with zero attached hydrogens (tertiary/aromatic N) is 3. The van der Waals surface area contributed by atoms with E-state index < -0.39 is 10.7 Å². The van der Waals surface area contributed by atoms with Crippen LogP contribution in [0.4, 0.5) is 10.1 Å². The molecule has 0 radical (unpaired) electrons. The van der Waals surface area contributed by atoms with Crippen molar-refractivity contribution in [1.29, 1.82) is 0 Å². The van der Waals surface area contributed by atoms with Gasteiger partial charge < -0.3 is 4.57 Å². The lowest BCUT2D eigenvalue weighted by molar-refractivity contribution is -0.385. The molecule has 2 rings (SSSR count). The molecule has 0 fully saturated rings. The van der Waals surface area contributed by atoms with E-state index in [1.807, 2.05) is 0 Å². The Labute approximate surface area is 83.9 Å². The summed E-state index contributed by atoms with van der Waals surface area (Å²) >= 11 is 0. The van der Waals surface area contributed by atoms with Crippen molar-refractivity contribution in [1.82, 2.24) is 9.55 Å². The highest BCUT2D eigenvalue weighted by Gasteiger charge is 2.11. The van der Waals surface area contributed by atoms with E-state index >= 15 is 0 Å². The molecule has 0 unspecified atom stereocenters. The van der Waals surface area contributed by atoms with Crippen LogP contribution in [0.1, 0.15) is 0 Å². The van der Waals surface area contributed by atoms with Crippen molar-refractivity contribution < 1.29 is 9.31 Å². The van der Waals surface area contributed by atoms with Crippen molar-refractivity contribution in [2.45, 2.75) is 0 Å². The first-order chi connectivity index (χ1) is 7.18. The van der Waals surface area contributed by atoms with Gasteiger partial charge in [0.05, 0.1) is 23.0 Å². The molecule has 2 aromatic rings. The second-order valence-corrected chi connectivity index (χ2v) is 2.86. The van der Waals surface area contributed by atoms with Gasteiger partial charge in [-0.1, -0.05) is 0 Å². The minimum absolute atomic E-state index is 0.234. The van der Waals surface area contributed by atoms with Crippen molar-refractivity contribution in [2.24, 2.45) is 0 Å². The van der Waals surface area contributed by atoms with Gasteiger partial charge in [0.15, 0.2) is 5.82 Å². The van der Waals surface area contributed by atoms with Crippen LogP contribution in [0.3, 0.4) is 0 Å². The Morgan fingerprint density at radius 2 is 2.27 bits per heavy atom. The summed E-state index contributed by atoms with van der Waals surface area (Å²) in [6.07, 6.45) is 4.48. The maximum atomic E-state index is 13.4. The molecule has 1 heterocycles. The molecule has 0 saturated carbocycles. The summed E-state index contributed by atoms with van der Waals surface area (Å²) in [4.78, 5) is 13.5. The minimum Gasteiger partial charge on any atom is -0.303 e. The molecule has 1 aromatic heterocycles. The van der Waals surface area contributed by atoms with Gasteiger partial charge in [0.25, 0.3) is 5.69 Å². The third-order valence-corrected chi connectivity index (χ3v) is 1.92. The highest BCUT2D eigenvalue weighted by molar-refractivity contribution is 5.42. The standard InChI is InChI=1S/C9H6FN3O2/c10-8-5-7(13(14)15)1-2-9(8)12-4-3-11-6-12/h1-6H. The molecule has 0 saturated heterocycles. The van der Waals surface area contributed by atoms with Gasteiger partial charge in [-0.2, -0.15) is 0 Å². The number of hydrogen-bond acceptors (Lipinski definition) is 3. The largest absolute Gasteiger partial charge is 0.303 e. The molecule has 76 valence electrons. The number of rotatable bonds is 2. The molecule has 0 aliphatic heterocycles. The van der Waals surface area contributed by atoms with E-state index in [9.17, 15) is 14.5 Å². The first-order valence-corrected chi connectivity index (χ1v) is 4.11. The zero-order valence-corrected chi connectivity index (χ0v) is 7.50. The molecule has 0 atom stereocenters. The summed E-state index contributed by atoms with van der Waals surface area (Å²) in [6.45, 7) is 0. The maximum absolute atomic E-state index is 13.4. The van der Waals surface area contributed by atoms with Crippen molar-refractivity contribution in [3.05, 3.63) is 52.9 Å². The molecule has 0 aliphatic carbocycles. The predicted octanol–water partition coefficient (Wildman–Crippen LogP) is 1.92. The van der Waals surface area contributed by atoms with Crippen LogP contribution in [0.2, 0.25) is 0 Å². The predicted molar refractivity (Wildman–Crippen MR) is 50.2 cm³/mol. The van der Waals surface area contributed by atoms with E-state index in [-0.39, 0.29) is 11.4 Å². The summed E-state index contributed by atoms with van der Waals surface area (Å²) < 4.78 is 14.9. The fourth-order valence-corrected chi connectivity index (χ4v) is 1.22. The average Bonchev–Trinajstić information content (AvgIpc) is 2.70. The topological polar surface area (TPSA) is 61.0 Å². The number of nitro benzene ring substituents is 1. The molecule has 6 heteroatoms. The molecular weight excluding hydrogens is 201 g/mol. The number of nitro groups is 1. The van der Waals surface area contributed by atoms with Crippen LogP contribution in [-0.4, -0.2) is 14.5 Å². The summed E-state index contributed by atoms with van der Waals surface area (Å²) in [7, 11) is 0. The Morgan fingerprint density at radius 3 is 2.80 bits per heavy atom. The first-order valence-electron chi connectivity index (χ1n) is 4.11. The third kappa shape index (κ3) is 1.69. The van der Waals surface area contributed by atoms with E-state index in [2.05, 4.69) is 4.98 Å². The van der Waals surface area contributed by atoms with Gasteiger partial charge in [0, 0.05) is 18.5 Å². The Kier molecular flexibility index (Phi) is 2.17. The maximum Gasteiger partial charge on any atom is 0.272 e. The van der Waals surface area contributed by atoms with Gasteiger partial charge >= 0.3 is 0 Å². The Hall–Kier alpha value is -2.24. The van der Waals surface area contributed by atoms with E-state index in [0.717, 1.165) is 6.07 Å². The van der Waals surface area contributed by atoms with Gasteiger partial charge in [0.1, 0.15) is 0 Å². The summed E-state index contributed by atoms with van der Waals surface area (Å²) in [6, 6.07) is 3.48. The smallest absolute Gasteiger partial charge is 0.272 e. The van der Waals surface area contributed by atoms with Crippen LogP contribution in [-0.2, 0) is 0 Å². The van der Waals surface area contributed by atoms with E-state index in [4.69, 9.17) is 0 Å². The number of hydrogen-bond donors (Lipinski definition) is 0. The van der Waals surface area contributed by atoms with Gasteiger partial charge in [-0.15, -0.1) is 0 Å². The zero-order chi connectivity index (χ0) is 10.8. The van der Waals surface area contributed by atoms with Gasteiger partial charge in [-0.05, 0) is 6.07 Å². The molecule has 15 heavy (non-hydrogen) atoms.